The van der Waals surface area contributed by atoms with Crippen LogP contribution in [0.25, 0.3) is 0 Å². The molecule has 0 aromatic carbocycles. The zero-order valence-electron chi connectivity index (χ0n) is 12.7. The molecule has 7 heteroatoms. The summed E-state index contributed by atoms with van der Waals surface area (Å²) in [5, 5.41) is 0.341. The summed E-state index contributed by atoms with van der Waals surface area (Å²) in [7, 11) is -3.49. The third-order valence-corrected chi connectivity index (χ3v) is 7.09. The van der Waals surface area contributed by atoms with Gasteiger partial charge in [0.15, 0.2) is 5.03 Å². The fraction of sp³-hybridized carbons (Fsp3) is 0.800. The van der Waals surface area contributed by atoms with Gasteiger partial charge in [0.2, 0.25) is 0 Å². The molecular formula is C15H24N4O2S. The lowest BCUT2D eigenvalue weighted by molar-refractivity contribution is 0.125. The number of aromatic nitrogens is 2. The number of imidazole rings is 1. The van der Waals surface area contributed by atoms with E-state index in [1.54, 1.807) is 0 Å². The van der Waals surface area contributed by atoms with Gasteiger partial charge in [-0.1, -0.05) is 6.42 Å². The Labute approximate surface area is 131 Å². The highest BCUT2D eigenvalue weighted by molar-refractivity contribution is 7.89. The molecule has 4 rings (SSSR count). The second-order valence-electron chi connectivity index (χ2n) is 7.10. The third kappa shape index (κ3) is 2.39. The number of nitrogens with two attached hydrogens (primary N) is 1. The van der Waals surface area contributed by atoms with Crippen LogP contribution in [0.5, 0.6) is 0 Å². The molecule has 122 valence electrons. The number of nitrogens with one attached hydrogen (secondary N) is 1. The monoisotopic (exact) mass is 324 g/mol. The van der Waals surface area contributed by atoms with Crippen molar-refractivity contribution in [1.29, 1.82) is 0 Å². The van der Waals surface area contributed by atoms with E-state index in [0.29, 0.717) is 16.9 Å². The van der Waals surface area contributed by atoms with Gasteiger partial charge in [-0.25, -0.2) is 18.1 Å². The van der Waals surface area contributed by atoms with E-state index in [1.165, 1.54) is 12.6 Å². The van der Waals surface area contributed by atoms with E-state index in [0.717, 1.165) is 50.9 Å². The van der Waals surface area contributed by atoms with Gasteiger partial charge in [-0.05, 0) is 43.9 Å². The number of fused-ring (bicyclic) bond motifs is 3. The minimum absolute atomic E-state index is 0.0473. The van der Waals surface area contributed by atoms with Gasteiger partial charge in [0, 0.05) is 25.0 Å². The van der Waals surface area contributed by atoms with E-state index < -0.39 is 10.0 Å². The van der Waals surface area contributed by atoms with Gasteiger partial charge in [0.05, 0.1) is 6.20 Å². The Morgan fingerprint density at radius 3 is 2.68 bits per heavy atom. The highest BCUT2D eigenvalue weighted by atomic mass is 32.2. The topological polar surface area (TPSA) is 90.0 Å². The smallest absolute Gasteiger partial charge is 0.258 e. The van der Waals surface area contributed by atoms with E-state index in [9.17, 15) is 8.42 Å². The molecule has 0 saturated heterocycles. The predicted molar refractivity (Wildman–Crippen MR) is 82.7 cm³/mol. The first-order valence-electron chi connectivity index (χ1n) is 8.37. The van der Waals surface area contributed by atoms with Gasteiger partial charge in [-0.15, -0.1) is 0 Å². The van der Waals surface area contributed by atoms with Gasteiger partial charge in [0.1, 0.15) is 5.82 Å². The molecule has 22 heavy (non-hydrogen) atoms. The van der Waals surface area contributed by atoms with Crippen LogP contribution in [-0.2, 0) is 23.0 Å². The first kappa shape index (κ1) is 14.7. The summed E-state index contributed by atoms with van der Waals surface area (Å²) < 4.78 is 30.5. The number of rotatable bonds is 3. The van der Waals surface area contributed by atoms with Gasteiger partial charge < -0.3 is 10.3 Å². The molecule has 6 nitrogen and oxygen atoms in total. The predicted octanol–water partition coefficient (Wildman–Crippen LogP) is 1.01. The van der Waals surface area contributed by atoms with Crippen molar-refractivity contribution in [3.63, 3.8) is 0 Å². The van der Waals surface area contributed by atoms with Crippen molar-refractivity contribution < 1.29 is 8.42 Å². The van der Waals surface area contributed by atoms with E-state index in [4.69, 9.17) is 5.73 Å². The maximum atomic E-state index is 12.8. The minimum atomic E-state index is -3.49. The molecule has 1 aliphatic heterocycles. The lowest BCUT2D eigenvalue weighted by Gasteiger charge is -2.44. The molecule has 2 atom stereocenters. The number of nitrogens with zero attached hydrogens (tertiary/aromatic N) is 2. The van der Waals surface area contributed by atoms with Gasteiger partial charge >= 0.3 is 0 Å². The Morgan fingerprint density at radius 1 is 1.23 bits per heavy atom. The van der Waals surface area contributed by atoms with Crippen molar-refractivity contribution in [2.45, 2.75) is 68.6 Å². The molecule has 2 fully saturated rings. The molecule has 1 aromatic rings. The van der Waals surface area contributed by atoms with E-state index in [-0.39, 0.29) is 12.1 Å². The zero-order valence-corrected chi connectivity index (χ0v) is 13.6. The molecule has 2 heterocycles. The molecule has 2 bridgehead atoms. The van der Waals surface area contributed by atoms with Crippen LogP contribution in [0.3, 0.4) is 0 Å². The number of sulfonamides is 1. The van der Waals surface area contributed by atoms with Crippen LogP contribution in [0.15, 0.2) is 11.2 Å². The fourth-order valence-corrected chi connectivity index (χ4v) is 6.21. The van der Waals surface area contributed by atoms with Crippen LogP contribution in [-0.4, -0.2) is 30.1 Å². The summed E-state index contributed by atoms with van der Waals surface area (Å²) in [6.45, 7) is 0.758. The average molecular weight is 324 g/mol. The molecule has 1 aromatic heterocycles. The third-order valence-electron chi connectivity index (χ3n) is 5.63. The zero-order chi connectivity index (χ0) is 15.3. The normalized spacial score (nSPS) is 34.6. The molecule has 0 amide bonds. The highest BCUT2D eigenvalue weighted by Crippen LogP contribution is 2.40. The van der Waals surface area contributed by atoms with Crippen LogP contribution >= 0.6 is 0 Å². The Hall–Kier alpha value is -0.920. The van der Waals surface area contributed by atoms with Crippen LogP contribution in [0.2, 0.25) is 0 Å². The minimum Gasteiger partial charge on any atom is -0.328 e. The molecule has 2 aliphatic carbocycles. The Bertz CT molecular complexity index is 655. The van der Waals surface area contributed by atoms with Crippen molar-refractivity contribution in [3.05, 3.63) is 12.0 Å². The van der Waals surface area contributed by atoms with E-state index in [2.05, 4.69) is 9.71 Å². The fourth-order valence-electron chi connectivity index (χ4n) is 4.67. The van der Waals surface area contributed by atoms with Crippen molar-refractivity contribution in [3.8, 4) is 0 Å². The second-order valence-corrected chi connectivity index (χ2v) is 8.76. The summed E-state index contributed by atoms with van der Waals surface area (Å²) in [5.41, 5.74) is 6.13. The summed E-state index contributed by atoms with van der Waals surface area (Å²) >= 11 is 0. The van der Waals surface area contributed by atoms with Crippen molar-refractivity contribution >= 4 is 10.0 Å². The molecule has 3 aliphatic rings. The highest BCUT2D eigenvalue weighted by Gasteiger charge is 2.41. The summed E-state index contributed by atoms with van der Waals surface area (Å²) in [4.78, 5) is 4.26. The van der Waals surface area contributed by atoms with Crippen molar-refractivity contribution in [2.75, 3.05) is 0 Å². The first-order valence-corrected chi connectivity index (χ1v) is 9.85. The molecule has 2 unspecified atom stereocenters. The summed E-state index contributed by atoms with van der Waals surface area (Å²) in [5.74, 6) is 1.67. The van der Waals surface area contributed by atoms with Crippen molar-refractivity contribution in [1.82, 2.24) is 14.3 Å². The van der Waals surface area contributed by atoms with Crippen LogP contribution in [0.1, 0.15) is 44.3 Å². The largest absolute Gasteiger partial charge is 0.328 e. The van der Waals surface area contributed by atoms with Gasteiger partial charge in [-0.2, -0.15) is 0 Å². The molecule has 0 radical (unpaired) electrons. The van der Waals surface area contributed by atoms with E-state index in [1.807, 2.05) is 4.57 Å². The second kappa shape index (κ2) is 5.32. The lowest BCUT2D eigenvalue weighted by atomic mass is 9.67. The number of hydrogen-bond donors (Lipinski definition) is 2. The standard InChI is InChI=1S/C15H24N4O2S/c16-12-7-10-3-1-4-11(8-12)15(10)18-22(20,21)14-9-17-13-5-2-6-19(13)14/h9-12,15,18H,1-8,16H2. The Balaban J connectivity index is 1.59. The number of hydrogen-bond acceptors (Lipinski definition) is 4. The first-order chi connectivity index (χ1) is 10.5. The van der Waals surface area contributed by atoms with Crippen LogP contribution in [0.4, 0.5) is 0 Å². The van der Waals surface area contributed by atoms with Gasteiger partial charge in [0.25, 0.3) is 10.0 Å². The molecular weight excluding hydrogens is 300 g/mol. The average Bonchev–Trinajstić information content (AvgIpc) is 3.01. The van der Waals surface area contributed by atoms with Crippen LogP contribution in [0, 0.1) is 11.8 Å². The van der Waals surface area contributed by atoms with Crippen LogP contribution < -0.4 is 10.5 Å². The van der Waals surface area contributed by atoms with Gasteiger partial charge in [-0.3, -0.25) is 0 Å². The maximum Gasteiger partial charge on any atom is 0.258 e. The quantitative estimate of drug-likeness (QED) is 0.868. The SMILES string of the molecule is NC1CC2CCCC(C1)C2NS(=O)(=O)c1cnc2n1CCC2. The number of aryl methyl sites for hydroxylation is 1. The Morgan fingerprint density at radius 2 is 1.95 bits per heavy atom. The lowest BCUT2D eigenvalue weighted by Crippen LogP contribution is -2.53. The van der Waals surface area contributed by atoms with E-state index >= 15 is 0 Å². The summed E-state index contributed by atoms with van der Waals surface area (Å²) in [6, 6.07) is 0.279. The molecule has 3 N–H and O–H groups in total. The molecule has 0 spiro atoms. The van der Waals surface area contributed by atoms with Crippen molar-refractivity contribution in [2.24, 2.45) is 17.6 Å². The maximum absolute atomic E-state index is 12.8. The summed E-state index contributed by atoms with van der Waals surface area (Å²) in [6.07, 6.45) is 8.62. The Kier molecular flexibility index (Phi) is 3.54. The molecule has 2 saturated carbocycles.